The summed E-state index contributed by atoms with van der Waals surface area (Å²) in [5.41, 5.74) is 17.3. The molecule has 1 saturated heterocycles. The molecule has 0 aromatic heterocycles. The summed E-state index contributed by atoms with van der Waals surface area (Å²) in [5.74, 6) is -7.43. The second-order valence-corrected chi connectivity index (χ2v) is 15.7. The van der Waals surface area contributed by atoms with Crippen LogP contribution in [-0.2, 0) is 38.4 Å². The van der Waals surface area contributed by atoms with Crippen LogP contribution >= 0.6 is 11.8 Å². The Kier molecular flexibility index (Phi) is 24.0. The first-order valence-corrected chi connectivity index (χ1v) is 20.9. The van der Waals surface area contributed by atoms with Gasteiger partial charge in [0.15, 0.2) is 0 Å². The summed E-state index contributed by atoms with van der Waals surface area (Å²) in [6.07, 6.45) is 2.85. The molecule has 0 aromatic carbocycles. The Hall–Kier alpha value is -4.05. The first-order chi connectivity index (χ1) is 26.9. The monoisotopic (exact) mass is 831 g/mol. The van der Waals surface area contributed by atoms with E-state index in [-0.39, 0.29) is 38.3 Å². The van der Waals surface area contributed by atoms with E-state index in [2.05, 4.69) is 26.6 Å². The summed E-state index contributed by atoms with van der Waals surface area (Å²) in [7, 11) is 0. The first-order valence-electron chi connectivity index (χ1n) is 19.5. The predicted molar refractivity (Wildman–Crippen MR) is 212 cm³/mol. The minimum atomic E-state index is -1.79. The Morgan fingerprint density at radius 3 is 1.84 bits per heavy atom. The highest BCUT2D eigenvalue weighted by Gasteiger charge is 2.39. The molecule has 0 bridgehead atoms. The van der Waals surface area contributed by atoms with E-state index >= 15 is 0 Å². The van der Waals surface area contributed by atoms with Gasteiger partial charge in [-0.2, -0.15) is 11.8 Å². The summed E-state index contributed by atoms with van der Waals surface area (Å²) >= 11 is 1.39. The number of carboxylic acids is 2. The van der Waals surface area contributed by atoms with E-state index in [4.69, 9.17) is 17.2 Å². The van der Waals surface area contributed by atoms with Crippen LogP contribution in [0.5, 0.6) is 0 Å². The Labute approximate surface area is 338 Å². The number of hydrogen-bond donors (Lipinski definition) is 11. The van der Waals surface area contributed by atoms with Gasteiger partial charge in [-0.1, -0.05) is 20.3 Å². The van der Waals surface area contributed by atoms with Gasteiger partial charge in [-0.25, -0.2) is 4.79 Å². The third kappa shape index (κ3) is 18.4. The summed E-state index contributed by atoms with van der Waals surface area (Å²) in [6.45, 7) is 5.71. The van der Waals surface area contributed by atoms with Gasteiger partial charge in [0.2, 0.25) is 35.4 Å². The number of nitrogens with two attached hydrogens (primary N) is 3. The fourth-order valence-corrected chi connectivity index (χ4v) is 6.69. The summed E-state index contributed by atoms with van der Waals surface area (Å²) in [4.78, 5) is 106. The SMILES string of the molecule is CSCC[C@H](NC(=O)[C@H](CC(C)C)NC(=O)[C@@H](NC(=O)[C@H](CC(=O)O)NC(=O)[C@H](CCCCN)NC(=O)[C@@H]1CCCN1C(=O)[C@@H](N)CCCCN)[C@@H](C)O)C(=O)O. The van der Waals surface area contributed by atoms with Gasteiger partial charge in [0.05, 0.1) is 18.6 Å². The van der Waals surface area contributed by atoms with Crippen molar-refractivity contribution in [3.63, 3.8) is 0 Å². The molecule has 57 heavy (non-hydrogen) atoms. The maximum Gasteiger partial charge on any atom is 0.326 e. The van der Waals surface area contributed by atoms with Crippen LogP contribution in [0.1, 0.15) is 91.4 Å². The Bertz CT molecular complexity index is 1360. The molecule has 1 aliphatic heterocycles. The molecule has 0 unspecified atom stereocenters. The van der Waals surface area contributed by atoms with Crippen LogP contribution in [0.2, 0.25) is 0 Å². The topological polar surface area (TPSA) is 339 Å². The van der Waals surface area contributed by atoms with E-state index in [0.717, 1.165) is 0 Å². The van der Waals surface area contributed by atoms with Gasteiger partial charge in [0, 0.05) is 6.54 Å². The van der Waals surface area contributed by atoms with Crippen molar-refractivity contribution in [2.75, 3.05) is 31.6 Å². The zero-order valence-corrected chi connectivity index (χ0v) is 34.3. The van der Waals surface area contributed by atoms with Crippen molar-refractivity contribution in [2.45, 2.75) is 140 Å². The van der Waals surface area contributed by atoms with Crippen molar-refractivity contribution < 1.29 is 53.7 Å². The third-order valence-corrected chi connectivity index (χ3v) is 9.99. The van der Waals surface area contributed by atoms with Crippen molar-refractivity contribution in [2.24, 2.45) is 23.1 Å². The van der Waals surface area contributed by atoms with Crippen LogP contribution < -0.4 is 43.8 Å². The highest BCUT2D eigenvalue weighted by Crippen LogP contribution is 2.20. The first kappa shape index (κ1) is 51.0. The Morgan fingerprint density at radius 1 is 0.737 bits per heavy atom. The molecule has 0 aromatic rings. The van der Waals surface area contributed by atoms with Crippen molar-refractivity contribution >= 4 is 59.1 Å². The number of unbranched alkanes of at least 4 members (excludes halogenated alkanes) is 2. The number of carbonyl (C=O) groups is 8. The maximum atomic E-state index is 13.7. The van der Waals surface area contributed by atoms with Crippen LogP contribution in [0.15, 0.2) is 0 Å². The highest BCUT2D eigenvalue weighted by molar-refractivity contribution is 7.98. The van der Waals surface area contributed by atoms with Gasteiger partial charge in [-0.15, -0.1) is 0 Å². The van der Waals surface area contributed by atoms with Crippen LogP contribution in [0.4, 0.5) is 0 Å². The molecule has 0 aliphatic carbocycles. The smallest absolute Gasteiger partial charge is 0.326 e. The number of nitrogens with zero attached hydrogens (tertiary/aromatic N) is 1. The van der Waals surface area contributed by atoms with Gasteiger partial charge < -0.3 is 64.0 Å². The molecule has 0 saturated carbocycles. The lowest BCUT2D eigenvalue weighted by atomic mass is 10.0. The molecule has 1 aliphatic rings. The highest BCUT2D eigenvalue weighted by atomic mass is 32.2. The molecule has 0 radical (unpaired) electrons. The number of carbonyl (C=O) groups excluding carboxylic acids is 6. The fourth-order valence-electron chi connectivity index (χ4n) is 6.22. The number of nitrogens with one attached hydrogen (secondary N) is 5. The summed E-state index contributed by atoms with van der Waals surface area (Å²) in [5, 5.41) is 41.9. The van der Waals surface area contributed by atoms with Crippen LogP contribution in [-0.4, -0.2) is 148 Å². The molecule has 1 heterocycles. The average molecular weight is 832 g/mol. The predicted octanol–water partition coefficient (Wildman–Crippen LogP) is -2.27. The number of aliphatic hydroxyl groups excluding tert-OH is 1. The minimum Gasteiger partial charge on any atom is -0.481 e. The molecular formula is C36H65N9O11S. The zero-order valence-electron chi connectivity index (χ0n) is 33.5. The molecular weight excluding hydrogens is 767 g/mol. The molecule has 20 nitrogen and oxygen atoms in total. The maximum absolute atomic E-state index is 13.7. The number of thioether (sulfide) groups is 1. The van der Waals surface area contributed by atoms with Gasteiger partial charge in [0.25, 0.3) is 0 Å². The molecule has 1 fully saturated rings. The molecule has 21 heteroatoms. The molecule has 326 valence electrons. The third-order valence-electron chi connectivity index (χ3n) is 9.34. The van der Waals surface area contributed by atoms with Gasteiger partial charge >= 0.3 is 11.9 Å². The average Bonchev–Trinajstić information content (AvgIpc) is 3.63. The Morgan fingerprint density at radius 2 is 1.30 bits per heavy atom. The van der Waals surface area contributed by atoms with Crippen molar-refractivity contribution in [3.05, 3.63) is 0 Å². The molecule has 8 atom stereocenters. The van der Waals surface area contributed by atoms with Crippen molar-refractivity contribution in [3.8, 4) is 0 Å². The number of likely N-dealkylation sites (tertiary alicyclic amines) is 1. The molecule has 1 rings (SSSR count). The van der Waals surface area contributed by atoms with E-state index in [0.29, 0.717) is 57.2 Å². The number of amides is 6. The van der Waals surface area contributed by atoms with E-state index in [1.165, 1.54) is 23.6 Å². The molecule has 6 amide bonds. The Balaban J connectivity index is 3.22. The van der Waals surface area contributed by atoms with Gasteiger partial charge in [-0.3, -0.25) is 33.6 Å². The van der Waals surface area contributed by atoms with E-state index in [1.807, 2.05) is 0 Å². The number of aliphatic carboxylic acids is 2. The lowest BCUT2D eigenvalue weighted by Crippen LogP contribution is -2.61. The second-order valence-electron chi connectivity index (χ2n) is 14.7. The summed E-state index contributed by atoms with van der Waals surface area (Å²) in [6, 6.07) is -9.07. The lowest BCUT2D eigenvalue weighted by molar-refractivity contribution is -0.142. The number of aliphatic hydroxyl groups is 1. The quantitative estimate of drug-likeness (QED) is 0.0370. The normalized spacial score (nSPS) is 17.6. The van der Waals surface area contributed by atoms with Crippen molar-refractivity contribution in [1.29, 1.82) is 0 Å². The number of carboxylic acid groups (broad SMARTS) is 2. The summed E-state index contributed by atoms with van der Waals surface area (Å²) < 4.78 is 0. The largest absolute Gasteiger partial charge is 0.481 e. The molecule has 0 spiro atoms. The zero-order chi connectivity index (χ0) is 43.2. The van der Waals surface area contributed by atoms with E-state index in [9.17, 15) is 53.7 Å². The standard InChI is InChI=1S/C36H65N9O11S/c1-20(2)18-25(31(50)41-24(36(55)56)13-17-57-4)43-34(53)29(21(3)46)44-32(51)26(19-28(47)48)42-30(49)23(11-6-8-15-38)40-33(52)27-12-9-16-45(27)35(54)22(39)10-5-7-14-37/h20-27,29,46H,5-19,37-39H2,1-4H3,(H,40,52)(H,41,50)(H,42,49)(H,43,53)(H,44,51)(H,47,48)(H,55,56)/t21-,22+,23+,24+,25+,26+,27+,29+/m1/s1. The number of hydrogen-bond acceptors (Lipinski definition) is 13. The minimum absolute atomic E-state index is 0.0491. The van der Waals surface area contributed by atoms with Crippen LogP contribution in [0.3, 0.4) is 0 Å². The van der Waals surface area contributed by atoms with Crippen LogP contribution in [0.25, 0.3) is 0 Å². The van der Waals surface area contributed by atoms with Crippen LogP contribution in [0, 0.1) is 5.92 Å². The van der Waals surface area contributed by atoms with Gasteiger partial charge in [0.1, 0.15) is 36.3 Å². The van der Waals surface area contributed by atoms with Crippen molar-refractivity contribution in [1.82, 2.24) is 31.5 Å². The molecule has 14 N–H and O–H groups in total. The van der Waals surface area contributed by atoms with Gasteiger partial charge in [-0.05, 0) is 95.7 Å². The fraction of sp³-hybridized carbons (Fsp3) is 0.778. The number of rotatable bonds is 28. The second kappa shape index (κ2) is 26.8. The van der Waals surface area contributed by atoms with E-state index in [1.54, 1.807) is 20.1 Å². The van der Waals surface area contributed by atoms with E-state index < -0.39 is 102 Å². The lowest BCUT2D eigenvalue weighted by Gasteiger charge is -2.29.